The summed E-state index contributed by atoms with van der Waals surface area (Å²) in [4.78, 5) is 12.6. The molecular formula is C24H24O3. The third-order valence-electron chi connectivity index (χ3n) is 4.59. The largest absolute Gasteiger partial charge is 0.497 e. The molecule has 0 aromatic heterocycles. The van der Waals surface area contributed by atoms with Crippen LogP contribution in [0.5, 0.6) is 17.2 Å². The first-order valence-electron chi connectivity index (χ1n) is 9.08. The van der Waals surface area contributed by atoms with Crippen molar-refractivity contribution >= 4 is 5.78 Å². The van der Waals surface area contributed by atoms with Crippen molar-refractivity contribution in [2.24, 2.45) is 0 Å². The Morgan fingerprint density at radius 3 is 2.00 bits per heavy atom. The number of benzene rings is 3. The second-order valence-electron chi connectivity index (χ2n) is 6.61. The molecular weight excluding hydrogens is 336 g/mol. The van der Waals surface area contributed by atoms with E-state index in [2.05, 4.69) is 6.92 Å². The molecule has 0 spiro atoms. The van der Waals surface area contributed by atoms with Crippen molar-refractivity contribution in [1.82, 2.24) is 0 Å². The predicted molar refractivity (Wildman–Crippen MR) is 108 cm³/mol. The highest BCUT2D eigenvalue weighted by atomic mass is 16.5. The molecule has 0 atom stereocenters. The summed E-state index contributed by atoms with van der Waals surface area (Å²) in [5.41, 5.74) is 4.58. The fourth-order valence-electron chi connectivity index (χ4n) is 3.00. The molecule has 0 N–H and O–H groups in total. The summed E-state index contributed by atoms with van der Waals surface area (Å²) in [5.74, 6) is 2.39. The van der Waals surface area contributed by atoms with E-state index in [1.807, 2.05) is 74.5 Å². The van der Waals surface area contributed by atoms with Crippen LogP contribution in [0, 0.1) is 13.8 Å². The van der Waals surface area contributed by atoms with Crippen LogP contribution in [0.1, 0.15) is 39.5 Å². The summed E-state index contributed by atoms with van der Waals surface area (Å²) in [6.45, 7) is 6.10. The van der Waals surface area contributed by atoms with E-state index >= 15 is 0 Å². The summed E-state index contributed by atoms with van der Waals surface area (Å²) in [6, 6.07) is 18.9. The fourth-order valence-corrected chi connectivity index (χ4v) is 3.00. The lowest BCUT2D eigenvalue weighted by molar-refractivity contribution is 0.103. The van der Waals surface area contributed by atoms with Crippen LogP contribution < -0.4 is 9.47 Å². The van der Waals surface area contributed by atoms with E-state index in [4.69, 9.17) is 9.47 Å². The second-order valence-corrected chi connectivity index (χ2v) is 6.61. The third kappa shape index (κ3) is 4.20. The Kier molecular flexibility index (Phi) is 5.60. The number of hydrogen-bond acceptors (Lipinski definition) is 3. The van der Waals surface area contributed by atoms with Gasteiger partial charge >= 0.3 is 0 Å². The molecule has 3 aromatic carbocycles. The van der Waals surface area contributed by atoms with Gasteiger partial charge in [0.2, 0.25) is 0 Å². The lowest BCUT2D eigenvalue weighted by Crippen LogP contribution is -2.01. The van der Waals surface area contributed by atoms with Crippen LogP contribution in [0.15, 0.2) is 60.7 Å². The predicted octanol–water partition coefficient (Wildman–Crippen LogP) is 5.90. The van der Waals surface area contributed by atoms with Crippen molar-refractivity contribution in [3.05, 3.63) is 88.5 Å². The van der Waals surface area contributed by atoms with Crippen molar-refractivity contribution < 1.29 is 14.3 Å². The molecule has 0 saturated heterocycles. The van der Waals surface area contributed by atoms with E-state index in [-0.39, 0.29) is 5.78 Å². The van der Waals surface area contributed by atoms with E-state index in [0.29, 0.717) is 16.9 Å². The van der Waals surface area contributed by atoms with Gasteiger partial charge in [0, 0.05) is 11.1 Å². The lowest BCUT2D eigenvalue weighted by Gasteiger charge is -2.15. The molecule has 0 bridgehead atoms. The zero-order chi connectivity index (χ0) is 19.4. The average Bonchev–Trinajstić information content (AvgIpc) is 2.69. The van der Waals surface area contributed by atoms with Crippen LogP contribution in [0.25, 0.3) is 0 Å². The van der Waals surface area contributed by atoms with Gasteiger partial charge in [-0.2, -0.15) is 0 Å². The number of carbonyl (C=O) groups is 1. The van der Waals surface area contributed by atoms with Crippen LogP contribution in [0.4, 0.5) is 0 Å². The molecule has 0 aliphatic rings. The summed E-state index contributed by atoms with van der Waals surface area (Å²) < 4.78 is 11.5. The van der Waals surface area contributed by atoms with Gasteiger partial charge in [0.25, 0.3) is 0 Å². The van der Waals surface area contributed by atoms with Crippen LogP contribution in [-0.4, -0.2) is 12.9 Å². The first kappa shape index (κ1) is 18.7. The molecule has 0 fully saturated rings. The maximum Gasteiger partial charge on any atom is 0.193 e. The maximum atomic E-state index is 12.6. The van der Waals surface area contributed by atoms with E-state index < -0.39 is 0 Å². The maximum absolute atomic E-state index is 12.6. The minimum atomic E-state index is 0.0106. The van der Waals surface area contributed by atoms with E-state index in [1.54, 1.807) is 7.11 Å². The van der Waals surface area contributed by atoms with Crippen molar-refractivity contribution in [3.8, 4) is 17.2 Å². The zero-order valence-corrected chi connectivity index (χ0v) is 16.2. The number of aryl methyl sites for hydroxylation is 3. The fraction of sp³-hybridized carbons (Fsp3) is 0.208. The molecule has 0 heterocycles. The van der Waals surface area contributed by atoms with Crippen LogP contribution in [-0.2, 0) is 6.42 Å². The van der Waals surface area contributed by atoms with Gasteiger partial charge in [-0.25, -0.2) is 0 Å². The van der Waals surface area contributed by atoms with Crippen molar-refractivity contribution in [2.45, 2.75) is 27.2 Å². The van der Waals surface area contributed by atoms with E-state index in [1.165, 1.54) is 0 Å². The van der Waals surface area contributed by atoms with Gasteiger partial charge in [-0.3, -0.25) is 4.79 Å². The number of ketones is 1. The second kappa shape index (κ2) is 8.09. The monoisotopic (exact) mass is 360 g/mol. The standard InChI is InChI=1S/C24H24O3/c1-5-18-15-22(26-4)14-17(3)24(18)27-21-12-10-20(11-13-21)23(25)19-8-6-16(2)7-9-19/h6-15H,5H2,1-4H3. The van der Waals surface area contributed by atoms with Gasteiger partial charge in [0.05, 0.1) is 7.11 Å². The first-order valence-corrected chi connectivity index (χ1v) is 9.08. The molecule has 27 heavy (non-hydrogen) atoms. The Bertz CT molecular complexity index is 939. The minimum absolute atomic E-state index is 0.0106. The molecule has 0 unspecified atom stereocenters. The summed E-state index contributed by atoms with van der Waals surface area (Å²) in [6.07, 6.45) is 0.845. The Labute approximate surface area is 160 Å². The van der Waals surface area contributed by atoms with Crippen LogP contribution in [0.3, 0.4) is 0 Å². The number of ether oxygens (including phenoxy) is 2. The van der Waals surface area contributed by atoms with Crippen molar-refractivity contribution in [3.63, 3.8) is 0 Å². The van der Waals surface area contributed by atoms with Gasteiger partial charge < -0.3 is 9.47 Å². The normalized spacial score (nSPS) is 10.5. The quantitative estimate of drug-likeness (QED) is 0.514. The smallest absolute Gasteiger partial charge is 0.193 e. The molecule has 0 aliphatic heterocycles. The Morgan fingerprint density at radius 1 is 0.852 bits per heavy atom. The molecule has 0 amide bonds. The topological polar surface area (TPSA) is 35.5 Å². The highest BCUT2D eigenvalue weighted by Gasteiger charge is 2.12. The highest BCUT2D eigenvalue weighted by molar-refractivity contribution is 6.09. The SMILES string of the molecule is CCc1cc(OC)cc(C)c1Oc1ccc(C(=O)c2ccc(C)cc2)cc1. The Balaban J connectivity index is 1.82. The molecule has 3 rings (SSSR count). The molecule has 138 valence electrons. The van der Waals surface area contributed by atoms with Crippen LogP contribution >= 0.6 is 0 Å². The zero-order valence-electron chi connectivity index (χ0n) is 16.2. The Hall–Kier alpha value is -3.07. The lowest BCUT2D eigenvalue weighted by atomic mass is 10.0. The number of carbonyl (C=O) groups excluding carboxylic acids is 1. The Morgan fingerprint density at radius 2 is 1.44 bits per heavy atom. The van der Waals surface area contributed by atoms with Crippen molar-refractivity contribution in [2.75, 3.05) is 7.11 Å². The molecule has 0 saturated carbocycles. The van der Waals surface area contributed by atoms with Gasteiger partial charge in [-0.15, -0.1) is 0 Å². The molecule has 3 heteroatoms. The number of methoxy groups -OCH3 is 1. The van der Waals surface area contributed by atoms with Gasteiger partial charge in [-0.1, -0.05) is 36.8 Å². The highest BCUT2D eigenvalue weighted by Crippen LogP contribution is 2.33. The summed E-state index contributed by atoms with van der Waals surface area (Å²) >= 11 is 0. The number of rotatable bonds is 6. The van der Waals surface area contributed by atoms with E-state index in [0.717, 1.165) is 34.6 Å². The molecule has 3 nitrogen and oxygen atoms in total. The van der Waals surface area contributed by atoms with Crippen LogP contribution in [0.2, 0.25) is 0 Å². The third-order valence-corrected chi connectivity index (χ3v) is 4.59. The summed E-state index contributed by atoms with van der Waals surface area (Å²) in [7, 11) is 1.67. The minimum Gasteiger partial charge on any atom is -0.497 e. The average molecular weight is 360 g/mol. The van der Waals surface area contributed by atoms with Gasteiger partial charge in [-0.05, 0) is 67.8 Å². The molecule has 0 radical (unpaired) electrons. The molecule has 3 aromatic rings. The summed E-state index contributed by atoms with van der Waals surface area (Å²) in [5, 5.41) is 0. The van der Waals surface area contributed by atoms with E-state index in [9.17, 15) is 4.79 Å². The molecule has 0 aliphatic carbocycles. The van der Waals surface area contributed by atoms with Crippen molar-refractivity contribution in [1.29, 1.82) is 0 Å². The number of hydrogen-bond donors (Lipinski definition) is 0. The van der Waals surface area contributed by atoms with Gasteiger partial charge in [0.1, 0.15) is 17.2 Å². The van der Waals surface area contributed by atoms with Gasteiger partial charge in [0.15, 0.2) is 5.78 Å². The first-order chi connectivity index (χ1) is 13.0.